The topological polar surface area (TPSA) is 75.0 Å². The number of carbonyl (C=O) groups excluding carboxylic acids is 1. The molecule has 1 aromatic carbocycles. The minimum Gasteiger partial charge on any atom is -0.451 e. The first-order chi connectivity index (χ1) is 10.1. The van der Waals surface area contributed by atoms with E-state index in [9.17, 15) is 4.79 Å². The molecule has 6 nitrogen and oxygen atoms in total. The van der Waals surface area contributed by atoms with Gasteiger partial charge in [0.15, 0.2) is 5.76 Å². The molecular weight excluding hydrogens is 292 g/mol. The van der Waals surface area contributed by atoms with E-state index in [0.717, 1.165) is 10.9 Å². The van der Waals surface area contributed by atoms with Crippen LogP contribution in [0.1, 0.15) is 21.9 Å². The lowest BCUT2D eigenvalue weighted by Crippen LogP contribution is -2.26. The van der Waals surface area contributed by atoms with Crippen molar-refractivity contribution in [2.45, 2.75) is 13.5 Å². The Morgan fingerprint density at radius 2 is 2.29 bits per heavy atom. The van der Waals surface area contributed by atoms with Gasteiger partial charge in [0.25, 0.3) is 5.91 Å². The van der Waals surface area contributed by atoms with E-state index < -0.39 is 0 Å². The Bertz CT molecular complexity index is 795. The largest absolute Gasteiger partial charge is 0.451 e. The Hall–Kier alpha value is -2.34. The highest BCUT2D eigenvalue weighted by atomic mass is 35.5. The van der Waals surface area contributed by atoms with Crippen molar-refractivity contribution in [1.82, 2.24) is 20.1 Å². The molecule has 2 heterocycles. The van der Waals surface area contributed by atoms with Gasteiger partial charge in [-0.2, -0.15) is 5.10 Å². The fourth-order valence-electron chi connectivity index (χ4n) is 2.17. The Balaban J connectivity index is 1.92. The highest BCUT2D eigenvalue weighted by Crippen LogP contribution is 2.28. The molecule has 3 rings (SSSR count). The summed E-state index contributed by atoms with van der Waals surface area (Å²) in [5.74, 6) is 0.716. The third-order valence-corrected chi connectivity index (χ3v) is 3.53. The number of amides is 1. The van der Waals surface area contributed by atoms with Crippen LogP contribution in [0.3, 0.4) is 0 Å². The van der Waals surface area contributed by atoms with Gasteiger partial charge in [-0.3, -0.25) is 9.89 Å². The SMILES string of the molecule is Cc1c(C(=O)N(C)Cc2ncn[nH]2)oc2ccc(Cl)cc12. The maximum Gasteiger partial charge on any atom is 0.290 e. The lowest BCUT2D eigenvalue weighted by Gasteiger charge is -2.14. The van der Waals surface area contributed by atoms with Gasteiger partial charge in [-0.25, -0.2) is 4.98 Å². The van der Waals surface area contributed by atoms with Gasteiger partial charge >= 0.3 is 0 Å². The predicted molar refractivity (Wildman–Crippen MR) is 78.1 cm³/mol. The molecule has 0 fully saturated rings. The van der Waals surface area contributed by atoms with E-state index in [0.29, 0.717) is 28.7 Å². The minimum absolute atomic E-state index is 0.212. The van der Waals surface area contributed by atoms with Gasteiger partial charge < -0.3 is 9.32 Å². The molecule has 0 unspecified atom stereocenters. The van der Waals surface area contributed by atoms with Crippen LogP contribution >= 0.6 is 11.6 Å². The molecule has 108 valence electrons. The third-order valence-electron chi connectivity index (χ3n) is 3.29. The van der Waals surface area contributed by atoms with Crippen molar-refractivity contribution in [3.63, 3.8) is 0 Å². The van der Waals surface area contributed by atoms with Crippen LogP contribution in [-0.4, -0.2) is 33.0 Å². The Morgan fingerprint density at radius 1 is 1.48 bits per heavy atom. The molecule has 0 radical (unpaired) electrons. The number of fused-ring (bicyclic) bond motifs is 1. The average molecular weight is 305 g/mol. The zero-order chi connectivity index (χ0) is 15.0. The number of halogens is 1. The lowest BCUT2D eigenvalue weighted by molar-refractivity contribution is 0.0751. The molecule has 0 bridgehead atoms. The summed E-state index contributed by atoms with van der Waals surface area (Å²) in [4.78, 5) is 18.0. The van der Waals surface area contributed by atoms with Crippen LogP contribution < -0.4 is 0 Å². The molecule has 0 aliphatic rings. The first kappa shape index (κ1) is 13.6. The van der Waals surface area contributed by atoms with Gasteiger partial charge in [-0.15, -0.1) is 0 Å². The molecule has 3 aromatic rings. The summed E-state index contributed by atoms with van der Waals surface area (Å²) in [6, 6.07) is 5.29. The van der Waals surface area contributed by atoms with E-state index in [1.807, 2.05) is 6.92 Å². The van der Waals surface area contributed by atoms with Crippen molar-refractivity contribution < 1.29 is 9.21 Å². The minimum atomic E-state index is -0.212. The molecule has 7 heteroatoms. The van der Waals surface area contributed by atoms with E-state index in [1.165, 1.54) is 11.2 Å². The number of aromatic amines is 1. The summed E-state index contributed by atoms with van der Waals surface area (Å²) in [6.07, 6.45) is 1.40. The van der Waals surface area contributed by atoms with Crippen molar-refractivity contribution in [1.29, 1.82) is 0 Å². The van der Waals surface area contributed by atoms with Crippen molar-refractivity contribution in [3.05, 3.63) is 46.7 Å². The fourth-order valence-corrected chi connectivity index (χ4v) is 2.35. The van der Waals surface area contributed by atoms with Gasteiger partial charge in [0.05, 0.1) is 6.54 Å². The summed E-state index contributed by atoms with van der Waals surface area (Å²) in [6.45, 7) is 2.17. The zero-order valence-corrected chi connectivity index (χ0v) is 12.3. The molecule has 21 heavy (non-hydrogen) atoms. The van der Waals surface area contributed by atoms with Crippen LogP contribution in [0.2, 0.25) is 5.02 Å². The Labute approximate surface area is 125 Å². The van der Waals surface area contributed by atoms with Gasteiger partial charge in [-0.05, 0) is 25.1 Å². The number of aromatic nitrogens is 3. The molecule has 0 aliphatic heterocycles. The normalized spacial score (nSPS) is 11.0. The summed E-state index contributed by atoms with van der Waals surface area (Å²) in [5.41, 5.74) is 1.43. The number of hydrogen-bond donors (Lipinski definition) is 1. The van der Waals surface area contributed by atoms with Gasteiger partial charge in [0, 0.05) is 23.0 Å². The highest BCUT2D eigenvalue weighted by Gasteiger charge is 2.21. The van der Waals surface area contributed by atoms with Crippen molar-refractivity contribution >= 4 is 28.5 Å². The second kappa shape index (κ2) is 5.21. The van der Waals surface area contributed by atoms with E-state index in [1.54, 1.807) is 25.2 Å². The molecule has 0 atom stereocenters. The number of rotatable bonds is 3. The fraction of sp³-hybridized carbons (Fsp3) is 0.214. The number of nitrogens with zero attached hydrogens (tertiary/aromatic N) is 3. The van der Waals surface area contributed by atoms with E-state index >= 15 is 0 Å². The monoisotopic (exact) mass is 304 g/mol. The van der Waals surface area contributed by atoms with Crippen LogP contribution in [0, 0.1) is 6.92 Å². The Morgan fingerprint density at radius 3 is 3.00 bits per heavy atom. The van der Waals surface area contributed by atoms with E-state index in [4.69, 9.17) is 16.0 Å². The summed E-state index contributed by atoms with van der Waals surface area (Å²) >= 11 is 5.98. The number of H-pyrrole nitrogens is 1. The van der Waals surface area contributed by atoms with Crippen LogP contribution in [0.15, 0.2) is 28.9 Å². The summed E-state index contributed by atoms with van der Waals surface area (Å²) in [5, 5.41) is 7.93. The predicted octanol–water partition coefficient (Wildman–Crippen LogP) is 2.78. The van der Waals surface area contributed by atoms with Gasteiger partial charge in [-0.1, -0.05) is 11.6 Å². The van der Waals surface area contributed by atoms with Crippen molar-refractivity contribution in [3.8, 4) is 0 Å². The molecule has 2 aromatic heterocycles. The van der Waals surface area contributed by atoms with Gasteiger partial charge in [0.1, 0.15) is 17.7 Å². The van der Waals surface area contributed by atoms with Crippen LogP contribution in [0.4, 0.5) is 0 Å². The smallest absolute Gasteiger partial charge is 0.290 e. The quantitative estimate of drug-likeness (QED) is 0.807. The highest BCUT2D eigenvalue weighted by molar-refractivity contribution is 6.31. The maximum atomic E-state index is 12.5. The molecule has 0 saturated carbocycles. The number of furan rings is 1. The number of carbonyl (C=O) groups is 1. The third kappa shape index (κ3) is 2.50. The van der Waals surface area contributed by atoms with E-state index in [2.05, 4.69) is 15.2 Å². The summed E-state index contributed by atoms with van der Waals surface area (Å²) < 4.78 is 5.66. The van der Waals surface area contributed by atoms with Gasteiger partial charge in [0.2, 0.25) is 0 Å². The van der Waals surface area contributed by atoms with E-state index in [-0.39, 0.29) is 5.91 Å². The first-order valence-corrected chi connectivity index (χ1v) is 6.72. The number of hydrogen-bond acceptors (Lipinski definition) is 4. The van der Waals surface area contributed by atoms with Crippen molar-refractivity contribution in [2.24, 2.45) is 0 Å². The second-order valence-electron chi connectivity index (χ2n) is 4.79. The molecular formula is C14H13ClN4O2. The average Bonchev–Trinajstić information content (AvgIpc) is 3.07. The first-order valence-electron chi connectivity index (χ1n) is 6.34. The second-order valence-corrected chi connectivity index (χ2v) is 5.23. The number of nitrogens with one attached hydrogen (secondary N) is 1. The van der Waals surface area contributed by atoms with Crippen LogP contribution in [0.25, 0.3) is 11.0 Å². The standard InChI is InChI=1S/C14H13ClN4O2/c1-8-10-5-9(15)3-4-11(10)21-13(8)14(20)19(2)6-12-16-7-17-18-12/h3-5,7H,6H2,1-2H3,(H,16,17,18). The molecule has 0 spiro atoms. The van der Waals surface area contributed by atoms with Crippen LogP contribution in [-0.2, 0) is 6.54 Å². The zero-order valence-electron chi connectivity index (χ0n) is 11.6. The number of aryl methyl sites for hydroxylation is 1. The molecule has 0 aliphatic carbocycles. The molecule has 1 amide bonds. The molecule has 1 N–H and O–H groups in total. The Kier molecular flexibility index (Phi) is 3.39. The van der Waals surface area contributed by atoms with Crippen LogP contribution in [0.5, 0.6) is 0 Å². The van der Waals surface area contributed by atoms with Crippen molar-refractivity contribution in [2.75, 3.05) is 7.05 Å². The summed E-state index contributed by atoms with van der Waals surface area (Å²) in [7, 11) is 1.68. The maximum absolute atomic E-state index is 12.5. The lowest BCUT2D eigenvalue weighted by atomic mass is 10.1. The number of benzene rings is 1. The molecule has 0 saturated heterocycles.